The van der Waals surface area contributed by atoms with Gasteiger partial charge < -0.3 is 9.88 Å². The Morgan fingerprint density at radius 2 is 2.10 bits per heavy atom. The lowest BCUT2D eigenvalue weighted by atomic mass is 10.2. The van der Waals surface area contributed by atoms with E-state index in [0.717, 1.165) is 15.3 Å². The van der Waals surface area contributed by atoms with E-state index in [1.807, 2.05) is 47.3 Å². The Balaban J connectivity index is 1.88. The SMILES string of the molecule is CC(C)CNC(=O)c1ccc2nc(-n3cccc3)sc2c1. The molecule has 0 aliphatic heterocycles. The average molecular weight is 299 g/mol. The van der Waals surface area contributed by atoms with Gasteiger partial charge >= 0.3 is 0 Å². The van der Waals surface area contributed by atoms with Crippen molar-refractivity contribution < 1.29 is 4.79 Å². The van der Waals surface area contributed by atoms with Gasteiger partial charge in [-0.05, 0) is 36.2 Å². The zero-order valence-corrected chi connectivity index (χ0v) is 12.9. The van der Waals surface area contributed by atoms with Crippen LogP contribution in [0.1, 0.15) is 24.2 Å². The lowest BCUT2D eigenvalue weighted by molar-refractivity contribution is 0.0949. The summed E-state index contributed by atoms with van der Waals surface area (Å²) >= 11 is 1.58. The number of hydrogen-bond donors (Lipinski definition) is 1. The van der Waals surface area contributed by atoms with Crippen LogP contribution in [-0.4, -0.2) is 22.0 Å². The number of nitrogens with one attached hydrogen (secondary N) is 1. The molecule has 21 heavy (non-hydrogen) atoms. The second-order valence-corrected chi connectivity index (χ2v) is 6.38. The molecule has 0 atom stereocenters. The van der Waals surface area contributed by atoms with Gasteiger partial charge in [0.2, 0.25) is 0 Å². The molecule has 108 valence electrons. The second-order valence-electron chi connectivity index (χ2n) is 5.37. The molecule has 0 saturated carbocycles. The highest BCUT2D eigenvalue weighted by Gasteiger charge is 2.10. The van der Waals surface area contributed by atoms with Gasteiger partial charge in [0, 0.05) is 24.5 Å². The number of thiazole rings is 1. The fraction of sp³-hybridized carbons (Fsp3) is 0.250. The van der Waals surface area contributed by atoms with Crippen LogP contribution < -0.4 is 5.32 Å². The van der Waals surface area contributed by atoms with Crippen molar-refractivity contribution in [3.8, 4) is 5.13 Å². The van der Waals surface area contributed by atoms with E-state index >= 15 is 0 Å². The number of benzene rings is 1. The second kappa shape index (κ2) is 5.69. The van der Waals surface area contributed by atoms with Crippen LogP contribution >= 0.6 is 11.3 Å². The summed E-state index contributed by atoms with van der Waals surface area (Å²) in [7, 11) is 0. The Morgan fingerprint density at radius 3 is 2.81 bits per heavy atom. The van der Waals surface area contributed by atoms with Crippen LogP contribution in [0.4, 0.5) is 0 Å². The van der Waals surface area contributed by atoms with Crippen molar-refractivity contribution in [2.45, 2.75) is 13.8 Å². The maximum Gasteiger partial charge on any atom is 0.251 e. The molecule has 2 heterocycles. The zero-order valence-electron chi connectivity index (χ0n) is 12.0. The first kappa shape index (κ1) is 13.8. The van der Waals surface area contributed by atoms with E-state index in [9.17, 15) is 4.79 Å². The van der Waals surface area contributed by atoms with Gasteiger partial charge in [-0.25, -0.2) is 4.98 Å². The minimum Gasteiger partial charge on any atom is -0.352 e. The Kier molecular flexibility index (Phi) is 3.75. The minimum atomic E-state index is -0.0264. The maximum atomic E-state index is 12.1. The average Bonchev–Trinajstić information content (AvgIpc) is 3.11. The summed E-state index contributed by atoms with van der Waals surface area (Å²) < 4.78 is 3.00. The first-order chi connectivity index (χ1) is 10.1. The van der Waals surface area contributed by atoms with Gasteiger partial charge in [-0.15, -0.1) is 0 Å². The third kappa shape index (κ3) is 2.97. The van der Waals surface area contributed by atoms with Gasteiger partial charge in [0.1, 0.15) is 0 Å². The van der Waals surface area contributed by atoms with E-state index in [1.165, 1.54) is 0 Å². The quantitative estimate of drug-likeness (QED) is 0.802. The monoisotopic (exact) mass is 299 g/mol. The molecule has 1 amide bonds. The van der Waals surface area contributed by atoms with Gasteiger partial charge in [-0.1, -0.05) is 25.2 Å². The summed E-state index contributed by atoms with van der Waals surface area (Å²) in [6.45, 7) is 4.85. The Morgan fingerprint density at radius 1 is 1.33 bits per heavy atom. The highest BCUT2D eigenvalue weighted by atomic mass is 32.1. The summed E-state index contributed by atoms with van der Waals surface area (Å²) in [5, 5.41) is 3.85. The first-order valence-electron chi connectivity index (χ1n) is 6.95. The molecule has 0 radical (unpaired) electrons. The normalized spacial score (nSPS) is 11.2. The third-order valence-corrected chi connectivity index (χ3v) is 4.17. The van der Waals surface area contributed by atoms with Gasteiger partial charge in [0.15, 0.2) is 5.13 Å². The standard InChI is InChI=1S/C16H17N3OS/c1-11(2)10-17-15(20)12-5-6-13-14(9-12)21-16(18-13)19-7-3-4-8-19/h3-9,11H,10H2,1-2H3,(H,17,20). The molecule has 5 heteroatoms. The lowest BCUT2D eigenvalue weighted by Crippen LogP contribution is -2.27. The van der Waals surface area contributed by atoms with E-state index in [-0.39, 0.29) is 5.91 Å². The van der Waals surface area contributed by atoms with E-state index in [0.29, 0.717) is 18.0 Å². The topological polar surface area (TPSA) is 46.9 Å². The maximum absolute atomic E-state index is 12.1. The third-order valence-electron chi connectivity index (χ3n) is 3.14. The van der Waals surface area contributed by atoms with Crippen LogP contribution in [0.25, 0.3) is 15.3 Å². The Hall–Kier alpha value is -2.14. The van der Waals surface area contributed by atoms with Crippen LogP contribution in [0.3, 0.4) is 0 Å². The first-order valence-corrected chi connectivity index (χ1v) is 7.77. The molecule has 1 aromatic carbocycles. The van der Waals surface area contributed by atoms with Gasteiger partial charge in [-0.2, -0.15) is 0 Å². The summed E-state index contributed by atoms with van der Waals surface area (Å²) in [5.41, 5.74) is 1.61. The molecule has 3 aromatic rings. The van der Waals surface area contributed by atoms with Crippen LogP contribution in [0.5, 0.6) is 0 Å². The fourth-order valence-electron chi connectivity index (χ4n) is 2.03. The van der Waals surface area contributed by atoms with Gasteiger partial charge in [0.25, 0.3) is 5.91 Å². The molecule has 2 aromatic heterocycles. The Bertz CT molecular complexity index is 759. The van der Waals surface area contributed by atoms with Crippen molar-refractivity contribution in [2.75, 3.05) is 6.54 Å². The van der Waals surface area contributed by atoms with Crippen molar-refractivity contribution in [2.24, 2.45) is 5.92 Å². The highest BCUT2D eigenvalue weighted by Crippen LogP contribution is 2.25. The molecule has 0 aliphatic rings. The van der Waals surface area contributed by atoms with Crippen LogP contribution in [-0.2, 0) is 0 Å². The summed E-state index contributed by atoms with van der Waals surface area (Å²) in [5.74, 6) is 0.419. The number of rotatable bonds is 4. The summed E-state index contributed by atoms with van der Waals surface area (Å²) in [6.07, 6.45) is 3.93. The molecule has 4 nitrogen and oxygen atoms in total. The molecule has 0 spiro atoms. The summed E-state index contributed by atoms with van der Waals surface area (Å²) in [6, 6.07) is 9.59. The predicted octanol–water partition coefficient (Wildman–Crippen LogP) is 3.47. The number of aromatic nitrogens is 2. The predicted molar refractivity (Wildman–Crippen MR) is 86.1 cm³/mol. The molecule has 3 rings (SSSR count). The number of hydrogen-bond acceptors (Lipinski definition) is 3. The van der Waals surface area contributed by atoms with Gasteiger partial charge in [-0.3, -0.25) is 4.79 Å². The van der Waals surface area contributed by atoms with Crippen molar-refractivity contribution in [3.63, 3.8) is 0 Å². The molecular weight excluding hydrogens is 282 g/mol. The van der Waals surface area contributed by atoms with Crippen LogP contribution in [0.15, 0.2) is 42.7 Å². The van der Waals surface area contributed by atoms with Crippen molar-refractivity contribution in [1.82, 2.24) is 14.9 Å². The van der Waals surface area contributed by atoms with E-state index < -0.39 is 0 Å². The minimum absolute atomic E-state index is 0.0264. The Labute approximate surface area is 127 Å². The molecule has 1 N–H and O–H groups in total. The van der Waals surface area contributed by atoms with Crippen molar-refractivity contribution in [1.29, 1.82) is 0 Å². The number of carbonyl (C=O) groups is 1. The van der Waals surface area contributed by atoms with Gasteiger partial charge in [0.05, 0.1) is 10.2 Å². The lowest BCUT2D eigenvalue weighted by Gasteiger charge is -2.07. The smallest absolute Gasteiger partial charge is 0.251 e. The molecule has 0 aliphatic carbocycles. The largest absolute Gasteiger partial charge is 0.352 e. The zero-order chi connectivity index (χ0) is 14.8. The van der Waals surface area contributed by atoms with Crippen molar-refractivity contribution >= 4 is 27.5 Å². The summed E-state index contributed by atoms with van der Waals surface area (Å²) in [4.78, 5) is 16.7. The molecular formula is C16H17N3OS. The van der Waals surface area contributed by atoms with Crippen LogP contribution in [0, 0.1) is 5.92 Å². The number of nitrogens with zero attached hydrogens (tertiary/aromatic N) is 2. The van der Waals surface area contributed by atoms with E-state index in [1.54, 1.807) is 11.3 Å². The molecule has 0 saturated heterocycles. The number of amides is 1. The highest BCUT2D eigenvalue weighted by molar-refractivity contribution is 7.20. The number of fused-ring (bicyclic) bond motifs is 1. The van der Waals surface area contributed by atoms with Crippen LogP contribution in [0.2, 0.25) is 0 Å². The van der Waals surface area contributed by atoms with Crippen molar-refractivity contribution in [3.05, 3.63) is 48.3 Å². The van der Waals surface area contributed by atoms with E-state index in [2.05, 4.69) is 24.1 Å². The fourth-order valence-corrected chi connectivity index (χ4v) is 3.00. The molecule has 0 fully saturated rings. The molecule has 0 bridgehead atoms. The number of carbonyl (C=O) groups excluding carboxylic acids is 1. The van der Waals surface area contributed by atoms with E-state index in [4.69, 9.17) is 0 Å². The molecule has 0 unspecified atom stereocenters.